The molecule has 0 unspecified atom stereocenters. The maximum atomic E-state index is 12.6. The normalized spacial score (nSPS) is 10.7. The van der Waals surface area contributed by atoms with E-state index in [9.17, 15) is 4.79 Å². The molecule has 3 rings (SSSR count). The molecule has 1 N–H and O–H groups in total. The molecule has 0 aromatic carbocycles. The molecular formula is C17H18N2O2S2. The number of furan rings is 1. The van der Waals surface area contributed by atoms with E-state index in [-0.39, 0.29) is 6.03 Å². The lowest BCUT2D eigenvalue weighted by molar-refractivity contribution is 0.187. The van der Waals surface area contributed by atoms with Crippen LogP contribution < -0.4 is 5.32 Å². The molecule has 0 saturated carbocycles. The van der Waals surface area contributed by atoms with Crippen LogP contribution in [0.15, 0.2) is 51.8 Å². The van der Waals surface area contributed by atoms with Gasteiger partial charge in [-0.15, -0.1) is 22.7 Å². The summed E-state index contributed by atoms with van der Waals surface area (Å²) in [6.45, 7) is 3.65. The lowest BCUT2D eigenvalue weighted by Crippen LogP contribution is -2.38. The molecule has 120 valence electrons. The first-order valence-electron chi connectivity index (χ1n) is 7.33. The van der Waals surface area contributed by atoms with Crippen molar-refractivity contribution in [1.29, 1.82) is 0 Å². The predicted octanol–water partition coefficient (Wildman–Crippen LogP) is 4.62. The van der Waals surface area contributed by atoms with E-state index in [1.165, 1.54) is 10.4 Å². The molecule has 0 radical (unpaired) electrons. The molecule has 0 aliphatic rings. The van der Waals surface area contributed by atoms with Gasteiger partial charge in [0.1, 0.15) is 5.76 Å². The standard InChI is InChI=1S/C17H18N2O2S2/c1-13-6-9-23-16(13)10-18-17(20)19(11-14-4-2-7-21-14)12-15-5-3-8-22-15/h2-9H,10-12H2,1H3,(H,18,20). The second-order valence-corrected chi connectivity index (χ2v) is 7.23. The van der Waals surface area contributed by atoms with E-state index in [0.29, 0.717) is 19.6 Å². The Morgan fingerprint density at radius 2 is 2.09 bits per heavy atom. The van der Waals surface area contributed by atoms with E-state index in [2.05, 4.69) is 18.3 Å². The van der Waals surface area contributed by atoms with Gasteiger partial charge in [0.2, 0.25) is 0 Å². The fraction of sp³-hybridized carbons (Fsp3) is 0.235. The second-order valence-electron chi connectivity index (χ2n) is 5.20. The number of carbonyl (C=O) groups is 1. The minimum Gasteiger partial charge on any atom is -0.467 e. The van der Waals surface area contributed by atoms with Crippen molar-refractivity contribution in [2.75, 3.05) is 0 Å². The Bertz CT molecular complexity index is 696. The largest absolute Gasteiger partial charge is 0.467 e. The Hall–Kier alpha value is -2.05. The Morgan fingerprint density at radius 1 is 1.17 bits per heavy atom. The van der Waals surface area contributed by atoms with Crippen LogP contribution in [0.5, 0.6) is 0 Å². The van der Waals surface area contributed by atoms with E-state index in [0.717, 1.165) is 10.6 Å². The summed E-state index contributed by atoms with van der Waals surface area (Å²) in [6.07, 6.45) is 1.63. The molecule has 0 aliphatic heterocycles. The summed E-state index contributed by atoms with van der Waals surface area (Å²) in [5.74, 6) is 0.781. The third-order valence-electron chi connectivity index (χ3n) is 3.51. The van der Waals surface area contributed by atoms with Crippen molar-refractivity contribution >= 4 is 28.7 Å². The topological polar surface area (TPSA) is 45.5 Å². The van der Waals surface area contributed by atoms with Gasteiger partial charge in [-0.1, -0.05) is 6.07 Å². The number of amides is 2. The quantitative estimate of drug-likeness (QED) is 0.708. The van der Waals surface area contributed by atoms with Crippen LogP contribution in [0, 0.1) is 6.92 Å². The Labute approximate surface area is 143 Å². The monoisotopic (exact) mass is 346 g/mol. The van der Waals surface area contributed by atoms with Gasteiger partial charge < -0.3 is 14.6 Å². The van der Waals surface area contributed by atoms with E-state index in [4.69, 9.17) is 4.42 Å². The summed E-state index contributed by atoms with van der Waals surface area (Å²) in [4.78, 5) is 16.7. The van der Waals surface area contributed by atoms with Crippen LogP contribution >= 0.6 is 22.7 Å². The van der Waals surface area contributed by atoms with Gasteiger partial charge in [0.15, 0.2) is 0 Å². The van der Waals surface area contributed by atoms with Crippen molar-refractivity contribution in [3.8, 4) is 0 Å². The van der Waals surface area contributed by atoms with Crippen LogP contribution in [0.3, 0.4) is 0 Å². The molecule has 3 heterocycles. The lowest BCUT2D eigenvalue weighted by Gasteiger charge is -2.21. The molecule has 23 heavy (non-hydrogen) atoms. The molecule has 0 bridgehead atoms. The number of nitrogens with zero attached hydrogens (tertiary/aromatic N) is 1. The summed E-state index contributed by atoms with van der Waals surface area (Å²) >= 11 is 3.31. The van der Waals surface area contributed by atoms with E-state index < -0.39 is 0 Å². The molecule has 3 aromatic rings. The van der Waals surface area contributed by atoms with E-state index in [1.807, 2.05) is 35.0 Å². The van der Waals surface area contributed by atoms with Crippen molar-refractivity contribution in [2.45, 2.75) is 26.6 Å². The maximum Gasteiger partial charge on any atom is 0.318 e. The van der Waals surface area contributed by atoms with E-state index in [1.54, 1.807) is 33.8 Å². The van der Waals surface area contributed by atoms with Crippen molar-refractivity contribution < 1.29 is 9.21 Å². The van der Waals surface area contributed by atoms with Crippen LogP contribution in [0.2, 0.25) is 0 Å². The van der Waals surface area contributed by atoms with Crippen LogP contribution in [0.25, 0.3) is 0 Å². The van der Waals surface area contributed by atoms with Crippen LogP contribution in [0.4, 0.5) is 4.79 Å². The van der Waals surface area contributed by atoms with Crippen molar-refractivity contribution in [3.63, 3.8) is 0 Å². The zero-order valence-corrected chi connectivity index (χ0v) is 14.5. The van der Waals surface area contributed by atoms with Gasteiger partial charge in [-0.05, 0) is 47.5 Å². The third kappa shape index (κ3) is 4.24. The number of rotatable bonds is 6. The number of hydrogen-bond acceptors (Lipinski definition) is 4. The van der Waals surface area contributed by atoms with Crippen molar-refractivity contribution in [3.05, 3.63) is 68.4 Å². The highest BCUT2D eigenvalue weighted by Gasteiger charge is 2.16. The number of urea groups is 1. The third-order valence-corrected chi connectivity index (χ3v) is 5.39. The van der Waals surface area contributed by atoms with Crippen LogP contribution in [-0.2, 0) is 19.6 Å². The first kappa shape index (κ1) is 15.8. The van der Waals surface area contributed by atoms with Crippen molar-refractivity contribution in [2.24, 2.45) is 0 Å². The summed E-state index contributed by atoms with van der Waals surface area (Å²) < 4.78 is 5.39. The Morgan fingerprint density at radius 3 is 2.74 bits per heavy atom. The highest BCUT2D eigenvalue weighted by Crippen LogP contribution is 2.17. The molecular weight excluding hydrogens is 328 g/mol. The average molecular weight is 346 g/mol. The minimum absolute atomic E-state index is 0.0809. The van der Waals surface area contributed by atoms with Gasteiger partial charge in [-0.3, -0.25) is 0 Å². The predicted molar refractivity (Wildman–Crippen MR) is 93.6 cm³/mol. The maximum absolute atomic E-state index is 12.6. The van der Waals surface area contributed by atoms with Crippen LogP contribution in [-0.4, -0.2) is 10.9 Å². The van der Waals surface area contributed by atoms with Gasteiger partial charge in [-0.2, -0.15) is 0 Å². The number of nitrogens with one attached hydrogen (secondary N) is 1. The Balaban J connectivity index is 1.66. The van der Waals surface area contributed by atoms with E-state index >= 15 is 0 Å². The highest BCUT2D eigenvalue weighted by atomic mass is 32.1. The number of aryl methyl sites for hydroxylation is 1. The van der Waals surface area contributed by atoms with Gasteiger partial charge in [-0.25, -0.2) is 4.79 Å². The zero-order chi connectivity index (χ0) is 16.1. The number of hydrogen-bond donors (Lipinski definition) is 1. The first-order chi connectivity index (χ1) is 11.2. The highest BCUT2D eigenvalue weighted by molar-refractivity contribution is 7.10. The van der Waals surface area contributed by atoms with Crippen molar-refractivity contribution in [1.82, 2.24) is 10.2 Å². The molecule has 0 fully saturated rings. The molecule has 0 spiro atoms. The van der Waals surface area contributed by atoms with Gasteiger partial charge in [0, 0.05) is 9.75 Å². The lowest BCUT2D eigenvalue weighted by atomic mass is 10.3. The molecule has 4 nitrogen and oxygen atoms in total. The second kappa shape index (κ2) is 7.48. The summed E-state index contributed by atoms with van der Waals surface area (Å²) in [5, 5.41) is 7.08. The fourth-order valence-electron chi connectivity index (χ4n) is 2.23. The van der Waals surface area contributed by atoms with Gasteiger partial charge >= 0.3 is 6.03 Å². The number of thiophene rings is 2. The summed E-state index contributed by atoms with van der Waals surface area (Å²) in [5.41, 5.74) is 1.21. The Kier molecular flexibility index (Phi) is 5.15. The average Bonchev–Trinajstić information content (AvgIpc) is 3.27. The summed E-state index contributed by atoms with van der Waals surface area (Å²) in [7, 11) is 0. The molecule has 2 amide bonds. The smallest absolute Gasteiger partial charge is 0.318 e. The fourth-order valence-corrected chi connectivity index (χ4v) is 3.80. The van der Waals surface area contributed by atoms with Crippen LogP contribution in [0.1, 0.15) is 21.1 Å². The first-order valence-corrected chi connectivity index (χ1v) is 9.09. The zero-order valence-electron chi connectivity index (χ0n) is 12.8. The molecule has 0 saturated heterocycles. The van der Waals surface area contributed by atoms with Gasteiger partial charge in [0.05, 0.1) is 25.9 Å². The minimum atomic E-state index is -0.0809. The summed E-state index contributed by atoms with van der Waals surface area (Å²) in [6, 6.07) is 9.75. The molecule has 0 atom stereocenters. The number of carbonyl (C=O) groups excluding carboxylic acids is 1. The van der Waals surface area contributed by atoms with Gasteiger partial charge in [0.25, 0.3) is 0 Å². The molecule has 6 heteroatoms. The SMILES string of the molecule is Cc1ccsc1CNC(=O)N(Cc1ccco1)Cc1cccs1. The molecule has 0 aliphatic carbocycles. The molecule has 3 aromatic heterocycles.